The van der Waals surface area contributed by atoms with E-state index in [2.05, 4.69) is 4.98 Å². The number of aryl methyl sites for hydroxylation is 1. The van der Waals surface area contributed by atoms with Gasteiger partial charge in [-0.1, -0.05) is 0 Å². The van der Waals surface area contributed by atoms with Gasteiger partial charge in [-0.2, -0.15) is 0 Å². The van der Waals surface area contributed by atoms with Gasteiger partial charge in [0.25, 0.3) is 5.56 Å². The molecule has 0 amide bonds. The van der Waals surface area contributed by atoms with Gasteiger partial charge in [0.05, 0.1) is 0 Å². The Morgan fingerprint density at radius 1 is 1.62 bits per heavy atom. The summed E-state index contributed by atoms with van der Waals surface area (Å²) in [6.07, 6.45) is 5.15. The molecule has 1 fully saturated rings. The summed E-state index contributed by atoms with van der Waals surface area (Å²) in [4.78, 5) is 18.0. The third-order valence-corrected chi connectivity index (χ3v) is 3.12. The number of hydrogen-bond donors (Lipinski definition) is 1. The molecule has 2 heterocycles. The summed E-state index contributed by atoms with van der Waals surface area (Å²) in [7, 11) is 1.73. The second-order valence-corrected chi connectivity index (χ2v) is 4.28. The largest absolute Gasteiger partial charge is 0.396 e. The Kier molecular flexibility index (Phi) is 3.24. The van der Waals surface area contributed by atoms with Crippen LogP contribution in [-0.4, -0.2) is 34.4 Å². The van der Waals surface area contributed by atoms with Crippen molar-refractivity contribution in [3.63, 3.8) is 0 Å². The van der Waals surface area contributed by atoms with Gasteiger partial charge in [-0.3, -0.25) is 4.79 Å². The molecule has 0 spiro atoms. The van der Waals surface area contributed by atoms with E-state index in [1.165, 1.54) is 0 Å². The van der Waals surface area contributed by atoms with Crippen LogP contribution in [0.4, 0.5) is 5.82 Å². The molecule has 1 aliphatic rings. The number of anilines is 1. The summed E-state index contributed by atoms with van der Waals surface area (Å²) < 4.78 is 1.54. The second kappa shape index (κ2) is 4.65. The highest BCUT2D eigenvalue weighted by molar-refractivity contribution is 5.36. The van der Waals surface area contributed by atoms with Crippen LogP contribution in [-0.2, 0) is 7.05 Å². The highest BCUT2D eigenvalue weighted by Crippen LogP contribution is 2.21. The summed E-state index contributed by atoms with van der Waals surface area (Å²) in [6.45, 7) is 1.91. The molecular formula is C11H17N3O2. The minimum absolute atomic E-state index is 0.0489. The fraction of sp³-hybridized carbons (Fsp3) is 0.636. The Bertz CT molecular complexity index is 416. The molecule has 0 bridgehead atoms. The molecule has 0 saturated carbocycles. The van der Waals surface area contributed by atoms with Gasteiger partial charge in [-0.15, -0.1) is 0 Å². The number of hydrogen-bond acceptors (Lipinski definition) is 4. The van der Waals surface area contributed by atoms with Crippen molar-refractivity contribution in [3.8, 4) is 0 Å². The number of aliphatic hydroxyl groups excluding tert-OH is 1. The van der Waals surface area contributed by atoms with Crippen LogP contribution in [0.1, 0.15) is 12.8 Å². The van der Waals surface area contributed by atoms with Crippen LogP contribution in [0.3, 0.4) is 0 Å². The van der Waals surface area contributed by atoms with Crippen molar-refractivity contribution in [2.45, 2.75) is 12.8 Å². The maximum Gasteiger partial charge on any atom is 0.293 e. The average molecular weight is 223 g/mol. The van der Waals surface area contributed by atoms with Crippen LogP contribution in [0, 0.1) is 5.92 Å². The predicted octanol–water partition coefficient (Wildman–Crippen LogP) is -0.0110. The first kappa shape index (κ1) is 11.1. The SMILES string of the molecule is Cn1ccnc(N2CCC(CCO)C2)c1=O. The van der Waals surface area contributed by atoms with Gasteiger partial charge in [-0.05, 0) is 18.8 Å². The molecule has 0 radical (unpaired) electrons. The maximum absolute atomic E-state index is 11.8. The molecule has 88 valence electrons. The first-order chi connectivity index (χ1) is 7.72. The maximum atomic E-state index is 11.8. The second-order valence-electron chi connectivity index (χ2n) is 4.28. The lowest BCUT2D eigenvalue weighted by Crippen LogP contribution is -2.30. The third-order valence-electron chi connectivity index (χ3n) is 3.12. The van der Waals surface area contributed by atoms with Crippen LogP contribution in [0.5, 0.6) is 0 Å². The first-order valence-electron chi connectivity index (χ1n) is 5.60. The molecule has 1 atom stereocenters. The third kappa shape index (κ3) is 2.09. The minimum atomic E-state index is -0.0489. The summed E-state index contributed by atoms with van der Waals surface area (Å²) in [5.41, 5.74) is -0.0489. The molecule has 2 rings (SSSR count). The average Bonchev–Trinajstić information content (AvgIpc) is 2.71. The first-order valence-corrected chi connectivity index (χ1v) is 5.60. The van der Waals surface area contributed by atoms with Gasteiger partial charge >= 0.3 is 0 Å². The van der Waals surface area contributed by atoms with E-state index >= 15 is 0 Å². The van der Waals surface area contributed by atoms with E-state index in [0.717, 1.165) is 25.9 Å². The van der Waals surface area contributed by atoms with Crippen LogP contribution < -0.4 is 10.5 Å². The fourth-order valence-corrected chi connectivity index (χ4v) is 2.14. The lowest BCUT2D eigenvalue weighted by Gasteiger charge is -2.16. The molecule has 0 aliphatic carbocycles. The molecule has 1 unspecified atom stereocenters. The van der Waals surface area contributed by atoms with Crippen molar-refractivity contribution in [2.75, 3.05) is 24.6 Å². The molecule has 0 aromatic carbocycles. The lowest BCUT2D eigenvalue weighted by atomic mass is 10.1. The lowest BCUT2D eigenvalue weighted by molar-refractivity contribution is 0.263. The monoisotopic (exact) mass is 223 g/mol. The van der Waals surface area contributed by atoms with Crippen LogP contribution >= 0.6 is 0 Å². The number of aromatic nitrogens is 2. The molecule has 1 aromatic rings. The van der Waals surface area contributed by atoms with Gasteiger partial charge < -0.3 is 14.6 Å². The standard InChI is InChI=1S/C11H17N3O2/c1-13-6-4-12-10(11(13)16)14-5-2-9(8-14)3-7-15/h4,6,9,15H,2-3,5,7-8H2,1H3. The van der Waals surface area contributed by atoms with Crippen LogP contribution in [0.25, 0.3) is 0 Å². The van der Waals surface area contributed by atoms with Crippen molar-refractivity contribution in [1.82, 2.24) is 9.55 Å². The zero-order valence-corrected chi connectivity index (χ0v) is 9.46. The quantitative estimate of drug-likeness (QED) is 0.783. The molecule has 5 nitrogen and oxygen atoms in total. The minimum Gasteiger partial charge on any atom is -0.396 e. The van der Waals surface area contributed by atoms with Gasteiger partial charge in [0.15, 0.2) is 5.82 Å². The predicted molar refractivity (Wildman–Crippen MR) is 61.5 cm³/mol. The zero-order chi connectivity index (χ0) is 11.5. The highest BCUT2D eigenvalue weighted by Gasteiger charge is 2.24. The number of rotatable bonds is 3. The summed E-state index contributed by atoms with van der Waals surface area (Å²) in [5.74, 6) is 1.02. The smallest absolute Gasteiger partial charge is 0.293 e. The molecule has 1 N–H and O–H groups in total. The van der Waals surface area contributed by atoms with E-state index in [-0.39, 0.29) is 12.2 Å². The van der Waals surface area contributed by atoms with E-state index in [9.17, 15) is 4.79 Å². The number of nitrogens with zero attached hydrogens (tertiary/aromatic N) is 3. The van der Waals surface area contributed by atoms with Gasteiger partial charge in [-0.25, -0.2) is 4.98 Å². The normalized spacial score (nSPS) is 20.4. The van der Waals surface area contributed by atoms with Crippen LogP contribution in [0.2, 0.25) is 0 Å². The van der Waals surface area contributed by atoms with Crippen molar-refractivity contribution >= 4 is 5.82 Å². The van der Waals surface area contributed by atoms with Crippen molar-refractivity contribution < 1.29 is 5.11 Å². The molecule has 1 aromatic heterocycles. The molecular weight excluding hydrogens is 206 g/mol. The molecule has 1 saturated heterocycles. The van der Waals surface area contributed by atoms with E-state index < -0.39 is 0 Å². The molecule has 16 heavy (non-hydrogen) atoms. The Labute approximate surface area is 94.3 Å². The van der Waals surface area contributed by atoms with E-state index in [1.807, 2.05) is 4.90 Å². The highest BCUT2D eigenvalue weighted by atomic mass is 16.3. The summed E-state index contributed by atoms with van der Waals surface area (Å²) >= 11 is 0. The molecule has 5 heteroatoms. The topological polar surface area (TPSA) is 58.4 Å². The van der Waals surface area contributed by atoms with Crippen molar-refractivity contribution in [1.29, 1.82) is 0 Å². The van der Waals surface area contributed by atoms with E-state index in [1.54, 1.807) is 24.0 Å². The fourth-order valence-electron chi connectivity index (χ4n) is 2.14. The summed E-state index contributed by atoms with van der Waals surface area (Å²) in [6, 6.07) is 0. The Morgan fingerprint density at radius 2 is 2.44 bits per heavy atom. The Hall–Kier alpha value is -1.36. The van der Waals surface area contributed by atoms with E-state index in [0.29, 0.717) is 11.7 Å². The van der Waals surface area contributed by atoms with Crippen molar-refractivity contribution in [2.24, 2.45) is 13.0 Å². The van der Waals surface area contributed by atoms with Gasteiger partial charge in [0.2, 0.25) is 0 Å². The van der Waals surface area contributed by atoms with Gasteiger partial charge in [0.1, 0.15) is 0 Å². The number of aliphatic hydroxyl groups is 1. The molecule has 1 aliphatic heterocycles. The Balaban J connectivity index is 2.15. The van der Waals surface area contributed by atoms with E-state index in [4.69, 9.17) is 5.11 Å². The van der Waals surface area contributed by atoms with Gasteiger partial charge in [0, 0.05) is 39.1 Å². The Morgan fingerprint density at radius 3 is 3.19 bits per heavy atom. The van der Waals surface area contributed by atoms with Crippen molar-refractivity contribution in [3.05, 3.63) is 22.7 Å². The summed E-state index contributed by atoms with van der Waals surface area (Å²) in [5, 5.41) is 8.88. The zero-order valence-electron chi connectivity index (χ0n) is 9.46. The van der Waals surface area contributed by atoms with Crippen LogP contribution in [0.15, 0.2) is 17.2 Å².